The SMILES string of the molecule is ClCc1ccc(CC[Si](Cl)(Cl)Cl)cc1. The van der Waals surface area contributed by atoms with Crippen LogP contribution in [0.15, 0.2) is 24.3 Å². The van der Waals surface area contributed by atoms with Gasteiger partial charge in [0.2, 0.25) is 0 Å². The lowest BCUT2D eigenvalue weighted by molar-refractivity contribution is 1.12. The second-order valence-corrected chi connectivity index (χ2v) is 12.6. The topological polar surface area (TPSA) is 0 Å². The molecule has 1 rings (SSSR count). The average molecular weight is 288 g/mol. The van der Waals surface area contributed by atoms with Gasteiger partial charge in [-0.1, -0.05) is 24.3 Å². The zero-order valence-corrected chi connectivity index (χ0v) is 11.5. The maximum absolute atomic E-state index is 5.79. The molecule has 0 aromatic heterocycles. The second-order valence-electron chi connectivity index (χ2n) is 3.07. The third-order valence-corrected chi connectivity index (χ3v) is 4.70. The number of hydrogen-bond donors (Lipinski definition) is 0. The van der Waals surface area contributed by atoms with Crippen molar-refractivity contribution in [1.82, 2.24) is 0 Å². The van der Waals surface area contributed by atoms with E-state index in [0.29, 0.717) is 11.9 Å². The van der Waals surface area contributed by atoms with Crippen LogP contribution in [0.1, 0.15) is 11.1 Å². The normalized spacial score (nSPS) is 11.7. The van der Waals surface area contributed by atoms with Crippen molar-refractivity contribution in [2.24, 2.45) is 0 Å². The lowest BCUT2D eigenvalue weighted by atomic mass is 10.1. The number of benzene rings is 1. The smallest absolute Gasteiger partial charge is 0.126 e. The molecule has 0 amide bonds. The summed E-state index contributed by atoms with van der Waals surface area (Å²) in [6.45, 7) is 0. The molecule has 1 aromatic carbocycles. The lowest BCUT2D eigenvalue weighted by Crippen LogP contribution is -2.09. The second kappa shape index (κ2) is 5.62. The first-order valence-corrected chi connectivity index (χ1v) is 9.99. The van der Waals surface area contributed by atoms with Gasteiger partial charge >= 0.3 is 6.00 Å². The summed E-state index contributed by atoms with van der Waals surface area (Å²) in [6, 6.07) is 6.26. The van der Waals surface area contributed by atoms with E-state index in [-0.39, 0.29) is 0 Å². The van der Waals surface area contributed by atoms with E-state index >= 15 is 0 Å². The third-order valence-electron chi connectivity index (χ3n) is 1.87. The molecule has 0 saturated heterocycles. The van der Waals surface area contributed by atoms with Crippen molar-refractivity contribution in [1.29, 1.82) is 0 Å². The van der Waals surface area contributed by atoms with Crippen LogP contribution in [0, 0.1) is 0 Å². The molecule has 0 heterocycles. The van der Waals surface area contributed by atoms with Gasteiger partial charge in [0.1, 0.15) is 0 Å². The molecule has 5 heteroatoms. The minimum Gasteiger partial charge on any atom is -0.126 e. The number of aryl methyl sites for hydroxylation is 1. The molecule has 78 valence electrons. The van der Waals surface area contributed by atoms with E-state index in [0.717, 1.165) is 12.0 Å². The Hall–Kier alpha value is 0.597. The van der Waals surface area contributed by atoms with Gasteiger partial charge in [0.25, 0.3) is 0 Å². The van der Waals surface area contributed by atoms with Crippen molar-refractivity contribution in [2.45, 2.75) is 18.3 Å². The lowest BCUT2D eigenvalue weighted by Gasteiger charge is -2.07. The van der Waals surface area contributed by atoms with Gasteiger partial charge in [-0.05, 0) is 23.6 Å². The van der Waals surface area contributed by atoms with Gasteiger partial charge in [-0.3, -0.25) is 0 Å². The maximum Gasteiger partial charge on any atom is 0.341 e. The molecule has 0 unspecified atom stereocenters. The summed E-state index contributed by atoms with van der Waals surface area (Å²) in [5.74, 6) is 0.541. The van der Waals surface area contributed by atoms with Crippen molar-refractivity contribution in [3.8, 4) is 0 Å². The van der Waals surface area contributed by atoms with Crippen molar-refractivity contribution in [2.75, 3.05) is 0 Å². The Morgan fingerprint density at radius 3 is 1.86 bits per heavy atom. The minimum atomic E-state index is -2.47. The Morgan fingerprint density at radius 2 is 1.43 bits per heavy atom. The third kappa shape index (κ3) is 4.90. The minimum absolute atomic E-state index is 0.541. The molecule has 1 aromatic rings. The van der Waals surface area contributed by atoms with Crippen LogP contribution < -0.4 is 0 Å². The van der Waals surface area contributed by atoms with Gasteiger partial charge in [-0.25, -0.2) is 0 Å². The van der Waals surface area contributed by atoms with Crippen LogP contribution in [0.5, 0.6) is 0 Å². The summed E-state index contributed by atoms with van der Waals surface area (Å²) < 4.78 is 0. The highest BCUT2D eigenvalue weighted by Crippen LogP contribution is 2.26. The first kappa shape index (κ1) is 12.7. The van der Waals surface area contributed by atoms with E-state index < -0.39 is 6.00 Å². The Bertz CT molecular complexity index is 278. The predicted octanol–water partition coefficient (Wildman–Crippen LogP) is 4.62. The van der Waals surface area contributed by atoms with E-state index in [4.69, 9.17) is 44.8 Å². The quantitative estimate of drug-likeness (QED) is 0.430. The molecular formula is C9H10Cl4Si. The Morgan fingerprint density at radius 1 is 0.929 bits per heavy atom. The highest BCUT2D eigenvalue weighted by molar-refractivity contribution is 7.64. The summed E-state index contributed by atoms with van der Waals surface area (Å²) in [5, 5.41) is 0. The predicted molar refractivity (Wildman–Crippen MR) is 67.8 cm³/mol. The van der Waals surface area contributed by atoms with Gasteiger partial charge < -0.3 is 0 Å². The summed E-state index contributed by atoms with van der Waals surface area (Å²) in [6.07, 6.45) is 0.825. The van der Waals surface area contributed by atoms with Gasteiger partial charge in [0.05, 0.1) is 0 Å². The fourth-order valence-corrected chi connectivity index (χ4v) is 2.68. The molecule has 0 aliphatic carbocycles. The van der Waals surface area contributed by atoms with Crippen molar-refractivity contribution in [3.05, 3.63) is 35.4 Å². The molecule has 0 aliphatic heterocycles. The van der Waals surface area contributed by atoms with E-state index in [1.807, 2.05) is 24.3 Å². The highest BCUT2D eigenvalue weighted by atomic mass is 35.8. The van der Waals surface area contributed by atoms with Crippen LogP contribution in [-0.2, 0) is 12.3 Å². The number of halogens is 4. The van der Waals surface area contributed by atoms with Crippen LogP contribution in [0.25, 0.3) is 0 Å². The first-order chi connectivity index (χ1) is 6.51. The zero-order valence-electron chi connectivity index (χ0n) is 7.44. The van der Waals surface area contributed by atoms with Gasteiger partial charge in [0.15, 0.2) is 0 Å². The summed E-state index contributed by atoms with van der Waals surface area (Å²) in [7, 11) is 0. The summed E-state index contributed by atoms with van der Waals surface area (Å²) in [4.78, 5) is 0. The molecule has 0 aliphatic rings. The summed E-state index contributed by atoms with van der Waals surface area (Å²) in [5.41, 5.74) is 2.30. The standard InChI is InChI=1S/C9H10Cl4Si/c10-7-9-3-1-8(2-4-9)5-6-14(11,12)13/h1-4H,5-7H2. The summed E-state index contributed by atoms with van der Waals surface area (Å²) >= 11 is 23.0. The van der Waals surface area contributed by atoms with Crippen LogP contribution in [0.3, 0.4) is 0 Å². The van der Waals surface area contributed by atoms with Crippen molar-refractivity contribution < 1.29 is 0 Å². The highest BCUT2D eigenvalue weighted by Gasteiger charge is 2.23. The molecule has 0 atom stereocenters. The molecule has 0 fully saturated rings. The fourth-order valence-electron chi connectivity index (χ4n) is 1.08. The van der Waals surface area contributed by atoms with Gasteiger partial charge in [-0.2, -0.15) is 0 Å². The Labute approximate surface area is 104 Å². The Kier molecular flexibility index (Phi) is 5.08. The zero-order chi connectivity index (χ0) is 10.6. The average Bonchev–Trinajstić information content (AvgIpc) is 2.14. The molecule has 0 spiro atoms. The van der Waals surface area contributed by atoms with Crippen molar-refractivity contribution >= 4 is 50.8 Å². The van der Waals surface area contributed by atoms with Crippen LogP contribution in [0.4, 0.5) is 0 Å². The molecule has 0 bridgehead atoms. The molecule has 0 nitrogen and oxygen atoms in total. The molecule has 14 heavy (non-hydrogen) atoms. The van der Waals surface area contributed by atoms with Crippen LogP contribution in [0.2, 0.25) is 6.04 Å². The van der Waals surface area contributed by atoms with E-state index in [1.54, 1.807) is 0 Å². The number of hydrogen-bond acceptors (Lipinski definition) is 0. The molecule has 0 saturated carbocycles. The van der Waals surface area contributed by atoms with E-state index in [1.165, 1.54) is 5.56 Å². The molecule has 0 N–H and O–H groups in total. The first-order valence-electron chi connectivity index (χ1n) is 4.22. The van der Waals surface area contributed by atoms with E-state index in [2.05, 4.69) is 0 Å². The molecular weight excluding hydrogens is 278 g/mol. The fraction of sp³-hybridized carbons (Fsp3) is 0.333. The van der Waals surface area contributed by atoms with E-state index in [9.17, 15) is 0 Å². The van der Waals surface area contributed by atoms with Gasteiger partial charge in [-0.15, -0.1) is 44.8 Å². The number of alkyl halides is 1. The Balaban J connectivity index is 2.52. The molecule has 0 radical (unpaired) electrons. The monoisotopic (exact) mass is 286 g/mol. The van der Waals surface area contributed by atoms with Crippen LogP contribution in [-0.4, -0.2) is 6.00 Å². The van der Waals surface area contributed by atoms with Crippen LogP contribution >= 0.6 is 44.8 Å². The van der Waals surface area contributed by atoms with Crippen molar-refractivity contribution in [3.63, 3.8) is 0 Å². The maximum atomic E-state index is 5.79. The largest absolute Gasteiger partial charge is 0.341 e. The number of rotatable bonds is 4. The van der Waals surface area contributed by atoms with Gasteiger partial charge in [0, 0.05) is 5.88 Å².